The third-order valence-corrected chi connectivity index (χ3v) is 9.14. The van der Waals surface area contributed by atoms with Gasteiger partial charge in [-0.2, -0.15) is 0 Å². The number of ether oxygens (including phenoxy) is 1. The van der Waals surface area contributed by atoms with Crippen LogP contribution in [0.5, 0.6) is 0 Å². The van der Waals surface area contributed by atoms with E-state index in [0.717, 1.165) is 38.5 Å². The van der Waals surface area contributed by atoms with E-state index in [9.17, 15) is 19.5 Å². The van der Waals surface area contributed by atoms with Gasteiger partial charge in [-0.15, -0.1) is 11.8 Å². The van der Waals surface area contributed by atoms with Crippen LogP contribution in [-0.4, -0.2) is 81.1 Å². The largest absolute Gasteiger partial charge is 0.465 e. The van der Waals surface area contributed by atoms with Crippen LogP contribution in [0, 0.1) is 11.8 Å². The molecule has 0 saturated carbocycles. The maximum Gasteiger partial charge on any atom is 0.311 e. The molecule has 2 saturated heterocycles. The molecule has 4 aliphatic rings. The highest BCUT2D eigenvalue weighted by Gasteiger charge is 2.71. The van der Waals surface area contributed by atoms with E-state index in [0.29, 0.717) is 19.7 Å². The SMILES string of the molecule is CCCCCN1CC=C[C@]23S[C@H]4/C=C\CCCCOC(=O)[C@H]4[C@H]2C(=O)N([C@H](C)CO)C3C1=O. The molecule has 1 N–H and O–H groups in total. The number of aliphatic hydroxyl groups excluding tert-OH is 1. The van der Waals surface area contributed by atoms with Crippen molar-refractivity contribution >= 4 is 29.5 Å². The van der Waals surface area contributed by atoms with Crippen LogP contribution in [0.15, 0.2) is 24.3 Å². The van der Waals surface area contributed by atoms with Crippen molar-refractivity contribution in [3.63, 3.8) is 0 Å². The number of hydrogen-bond acceptors (Lipinski definition) is 6. The van der Waals surface area contributed by atoms with E-state index in [4.69, 9.17) is 4.74 Å². The van der Waals surface area contributed by atoms with Gasteiger partial charge < -0.3 is 19.6 Å². The van der Waals surface area contributed by atoms with E-state index < -0.39 is 28.7 Å². The topological polar surface area (TPSA) is 87.2 Å². The average Bonchev–Trinajstić information content (AvgIpc) is 3.20. The fourth-order valence-corrected chi connectivity index (χ4v) is 7.71. The molecule has 0 aromatic carbocycles. The summed E-state index contributed by atoms with van der Waals surface area (Å²) in [5.74, 6) is -1.98. The van der Waals surface area contributed by atoms with Crippen LogP contribution in [-0.2, 0) is 19.1 Å². The highest BCUT2D eigenvalue weighted by atomic mass is 32.2. The lowest BCUT2D eigenvalue weighted by atomic mass is 9.78. The smallest absolute Gasteiger partial charge is 0.311 e. The molecule has 2 fully saturated rings. The summed E-state index contributed by atoms with van der Waals surface area (Å²) < 4.78 is 4.76. The van der Waals surface area contributed by atoms with E-state index in [1.165, 1.54) is 0 Å². The lowest BCUT2D eigenvalue weighted by molar-refractivity contribution is -0.153. The first kappa shape index (κ1) is 24.3. The predicted octanol–water partition coefficient (Wildman–Crippen LogP) is 2.54. The molecule has 7 nitrogen and oxygen atoms in total. The van der Waals surface area contributed by atoms with Crippen LogP contribution in [0.4, 0.5) is 0 Å². The van der Waals surface area contributed by atoms with Gasteiger partial charge in [-0.25, -0.2) is 0 Å². The molecule has 4 aliphatic heterocycles. The molecule has 0 aromatic heterocycles. The number of carbonyl (C=O) groups is 3. The zero-order chi connectivity index (χ0) is 23.6. The number of unbranched alkanes of at least 4 members (excludes halogenated alkanes) is 2. The second-order valence-corrected chi connectivity index (χ2v) is 11.1. The van der Waals surface area contributed by atoms with Gasteiger partial charge in [-0.1, -0.05) is 44.1 Å². The minimum absolute atomic E-state index is 0.0826. The maximum absolute atomic E-state index is 13.9. The number of likely N-dealkylation sites (tertiary alicyclic amines) is 1. The lowest BCUT2D eigenvalue weighted by Crippen LogP contribution is -2.56. The number of cyclic esters (lactones) is 1. The zero-order valence-electron chi connectivity index (χ0n) is 19.7. The van der Waals surface area contributed by atoms with E-state index in [1.807, 2.05) is 23.1 Å². The Kier molecular flexibility index (Phi) is 7.53. The van der Waals surface area contributed by atoms with Crippen LogP contribution >= 0.6 is 11.8 Å². The molecule has 1 spiro atoms. The van der Waals surface area contributed by atoms with Crippen molar-refractivity contribution < 1.29 is 24.2 Å². The fourth-order valence-electron chi connectivity index (χ4n) is 5.72. The summed E-state index contributed by atoms with van der Waals surface area (Å²) in [6, 6.07) is -1.25. The molecule has 33 heavy (non-hydrogen) atoms. The monoisotopic (exact) mass is 476 g/mol. The predicted molar refractivity (Wildman–Crippen MR) is 127 cm³/mol. The van der Waals surface area contributed by atoms with Gasteiger partial charge in [0.25, 0.3) is 0 Å². The van der Waals surface area contributed by atoms with Crippen molar-refractivity contribution in [2.45, 2.75) is 74.5 Å². The van der Waals surface area contributed by atoms with E-state index >= 15 is 0 Å². The lowest BCUT2D eigenvalue weighted by Gasteiger charge is -2.37. The molecular formula is C25H36N2O5S. The Labute approximate surface area is 200 Å². The van der Waals surface area contributed by atoms with Crippen LogP contribution in [0.3, 0.4) is 0 Å². The minimum Gasteiger partial charge on any atom is -0.465 e. The summed E-state index contributed by atoms with van der Waals surface area (Å²) >= 11 is 1.56. The number of nitrogens with zero attached hydrogens (tertiary/aromatic N) is 2. The number of allylic oxidation sites excluding steroid dienone is 1. The van der Waals surface area contributed by atoms with Crippen LogP contribution in [0.1, 0.15) is 52.4 Å². The summed E-state index contributed by atoms with van der Waals surface area (Å²) in [4.78, 5) is 44.4. The van der Waals surface area contributed by atoms with Gasteiger partial charge in [-0.3, -0.25) is 14.4 Å². The number of fused-ring (bicyclic) bond motifs is 2. The number of thioether (sulfide) groups is 1. The zero-order valence-corrected chi connectivity index (χ0v) is 20.5. The Balaban J connectivity index is 1.76. The first-order valence-corrected chi connectivity index (χ1v) is 13.2. The minimum atomic E-state index is -0.843. The maximum atomic E-state index is 13.9. The molecule has 1 unspecified atom stereocenters. The van der Waals surface area contributed by atoms with Crippen molar-refractivity contribution in [2.75, 3.05) is 26.3 Å². The average molecular weight is 477 g/mol. The summed E-state index contributed by atoms with van der Waals surface area (Å²) in [6.07, 6.45) is 13.8. The van der Waals surface area contributed by atoms with E-state index in [-0.39, 0.29) is 29.6 Å². The molecule has 0 aliphatic carbocycles. The molecular weight excluding hydrogens is 440 g/mol. The highest BCUT2D eigenvalue weighted by molar-refractivity contribution is 8.02. The Hall–Kier alpha value is -1.80. The van der Waals surface area contributed by atoms with Crippen LogP contribution in [0.25, 0.3) is 0 Å². The van der Waals surface area contributed by atoms with E-state index in [1.54, 1.807) is 23.6 Å². The number of amides is 2. The highest BCUT2D eigenvalue weighted by Crippen LogP contribution is 2.61. The van der Waals surface area contributed by atoms with Crippen LogP contribution < -0.4 is 0 Å². The van der Waals surface area contributed by atoms with Gasteiger partial charge in [0.15, 0.2) is 0 Å². The second-order valence-electron chi connectivity index (χ2n) is 9.60. The van der Waals surface area contributed by atoms with Gasteiger partial charge in [0, 0.05) is 18.3 Å². The van der Waals surface area contributed by atoms with E-state index in [2.05, 4.69) is 13.0 Å². The summed E-state index contributed by atoms with van der Waals surface area (Å²) in [5.41, 5.74) is 0. The Morgan fingerprint density at radius 1 is 1.21 bits per heavy atom. The molecule has 0 aromatic rings. The van der Waals surface area contributed by atoms with Gasteiger partial charge in [0.2, 0.25) is 11.8 Å². The molecule has 2 amide bonds. The number of carbonyl (C=O) groups excluding carboxylic acids is 3. The molecule has 0 radical (unpaired) electrons. The van der Waals surface area contributed by atoms with Gasteiger partial charge in [0.1, 0.15) is 6.04 Å². The third kappa shape index (κ3) is 4.25. The number of rotatable bonds is 6. The Morgan fingerprint density at radius 3 is 2.79 bits per heavy atom. The number of esters is 1. The van der Waals surface area contributed by atoms with Crippen molar-refractivity contribution in [1.29, 1.82) is 0 Å². The van der Waals surface area contributed by atoms with Crippen molar-refractivity contribution in [1.82, 2.24) is 9.80 Å². The first-order valence-electron chi connectivity index (χ1n) is 12.4. The summed E-state index contributed by atoms with van der Waals surface area (Å²) in [7, 11) is 0. The molecule has 0 bridgehead atoms. The third-order valence-electron chi connectivity index (χ3n) is 7.39. The quantitative estimate of drug-likeness (QED) is 0.360. The van der Waals surface area contributed by atoms with Gasteiger partial charge in [-0.05, 0) is 32.6 Å². The molecule has 8 heteroatoms. The number of hydrogen-bond donors (Lipinski definition) is 1. The van der Waals surface area contributed by atoms with Gasteiger partial charge in [0.05, 0.1) is 35.8 Å². The normalized spacial score (nSPS) is 36.0. The Bertz CT molecular complexity index is 830. The van der Waals surface area contributed by atoms with Crippen LogP contribution in [0.2, 0.25) is 0 Å². The van der Waals surface area contributed by atoms with Gasteiger partial charge >= 0.3 is 5.97 Å². The molecule has 4 rings (SSSR count). The first-order chi connectivity index (χ1) is 16.0. The second kappa shape index (κ2) is 10.2. The molecule has 4 heterocycles. The Morgan fingerprint density at radius 2 is 2.03 bits per heavy atom. The fraction of sp³-hybridized carbons (Fsp3) is 0.720. The summed E-state index contributed by atoms with van der Waals surface area (Å²) in [5, 5.41) is 9.73. The number of aliphatic hydroxyl groups is 1. The standard InChI is InChI=1S/C25H36N2O5S/c1-3-4-8-13-26-14-10-12-25-20(22(29)27(17(2)16-28)21(25)23(26)30)19-18(33-25)11-7-5-6-9-15-32-24(19)31/h7,10-12,17-21,28H,3-6,8-9,13-16H2,1-2H3/b11-7-/t17-,18+,19-,20+,21?,25+/m1/s1. The van der Waals surface area contributed by atoms with Crippen molar-refractivity contribution in [3.8, 4) is 0 Å². The molecule has 6 atom stereocenters. The summed E-state index contributed by atoms with van der Waals surface area (Å²) in [6.45, 7) is 5.16. The molecule has 182 valence electrons. The van der Waals surface area contributed by atoms with Crippen molar-refractivity contribution in [2.24, 2.45) is 11.8 Å². The van der Waals surface area contributed by atoms with Crippen molar-refractivity contribution in [3.05, 3.63) is 24.3 Å².